The normalized spacial score (nSPS) is 11.3. The van der Waals surface area contributed by atoms with Crippen LogP contribution in [0.1, 0.15) is 11.8 Å². The van der Waals surface area contributed by atoms with Crippen LogP contribution in [0.2, 0.25) is 0 Å². The van der Waals surface area contributed by atoms with Crippen molar-refractivity contribution >= 4 is 21.4 Å². The van der Waals surface area contributed by atoms with Gasteiger partial charge in [-0.2, -0.15) is 0 Å². The van der Waals surface area contributed by atoms with Gasteiger partial charge >= 0.3 is 0 Å². The van der Waals surface area contributed by atoms with E-state index in [-0.39, 0.29) is 10.1 Å². The molecule has 0 nitrogen and oxygen atoms in total. The summed E-state index contributed by atoms with van der Waals surface area (Å²) in [7, 11) is 0. The van der Waals surface area contributed by atoms with Crippen molar-refractivity contribution < 1.29 is 17.6 Å². The molecule has 0 spiro atoms. The van der Waals surface area contributed by atoms with E-state index in [1.807, 2.05) is 0 Å². The fourth-order valence-electron chi connectivity index (χ4n) is 1.35. The summed E-state index contributed by atoms with van der Waals surface area (Å²) >= 11 is 0.939. The predicted molar refractivity (Wildman–Crippen MR) is 51.0 cm³/mol. The number of hydrogen-bond donors (Lipinski definition) is 0. The smallest absolute Gasteiger partial charge is 0.198 e. The zero-order valence-corrected chi connectivity index (χ0v) is 8.52. The molecule has 0 amide bonds. The minimum absolute atomic E-state index is 0.164. The van der Waals surface area contributed by atoms with E-state index in [0.29, 0.717) is 11.3 Å². The monoisotopic (exact) mass is 234 g/mol. The molecule has 1 heterocycles. The lowest BCUT2D eigenvalue weighted by Gasteiger charge is -1.98. The van der Waals surface area contributed by atoms with Gasteiger partial charge in [-0.25, -0.2) is 17.6 Å². The molecule has 0 unspecified atom stereocenters. The number of thiophene rings is 1. The van der Waals surface area contributed by atoms with E-state index in [0.717, 1.165) is 11.3 Å². The molecule has 0 saturated heterocycles. The van der Waals surface area contributed by atoms with E-state index < -0.39 is 23.3 Å². The average Bonchev–Trinajstić information content (AvgIpc) is 2.67. The first kappa shape index (κ1) is 10.4. The van der Waals surface area contributed by atoms with Crippen LogP contribution in [0.5, 0.6) is 0 Å². The largest absolute Gasteiger partial charge is 0.203 e. The van der Waals surface area contributed by atoms with Crippen molar-refractivity contribution in [3.63, 3.8) is 0 Å². The first-order chi connectivity index (χ1) is 7.06. The summed E-state index contributed by atoms with van der Waals surface area (Å²) in [5.41, 5.74) is 0. The second kappa shape index (κ2) is 3.48. The summed E-state index contributed by atoms with van der Waals surface area (Å²) in [6, 6.07) is 1.35. The maximum atomic E-state index is 13.2. The topological polar surface area (TPSA) is 0 Å². The lowest BCUT2D eigenvalue weighted by atomic mass is 10.2. The minimum atomic E-state index is -1.75. The minimum Gasteiger partial charge on any atom is -0.203 e. The van der Waals surface area contributed by atoms with Crippen molar-refractivity contribution in [2.45, 2.75) is 13.3 Å². The van der Waals surface area contributed by atoms with E-state index in [1.54, 1.807) is 6.92 Å². The fourth-order valence-corrected chi connectivity index (χ4v) is 2.37. The summed E-state index contributed by atoms with van der Waals surface area (Å²) in [6.07, 6.45) is 0.571. The maximum Gasteiger partial charge on any atom is 0.198 e. The molecule has 0 bridgehead atoms. The Labute approximate surface area is 87.1 Å². The zero-order chi connectivity index (χ0) is 11.2. The number of hydrogen-bond acceptors (Lipinski definition) is 1. The van der Waals surface area contributed by atoms with Gasteiger partial charge in [0.15, 0.2) is 23.3 Å². The molecule has 2 aromatic rings. The van der Waals surface area contributed by atoms with E-state index in [1.165, 1.54) is 6.07 Å². The third kappa shape index (κ3) is 1.42. The second-order valence-electron chi connectivity index (χ2n) is 3.06. The van der Waals surface area contributed by atoms with Crippen LogP contribution in [-0.4, -0.2) is 0 Å². The summed E-state index contributed by atoms with van der Waals surface area (Å²) in [4.78, 5) is 0.688. The number of halogens is 4. The van der Waals surface area contributed by atoms with Crippen LogP contribution in [0.15, 0.2) is 6.07 Å². The Balaban J connectivity index is 2.90. The van der Waals surface area contributed by atoms with E-state index >= 15 is 0 Å². The highest BCUT2D eigenvalue weighted by molar-refractivity contribution is 7.19. The molecule has 0 aliphatic carbocycles. The fraction of sp³-hybridized carbons (Fsp3) is 0.200. The Morgan fingerprint density at radius 3 is 2.20 bits per heavy atom. The van der Waals surface area contributed by atoms with E-state index in [4.69, 9.17) is 0 Å². The van der Waals surface area contributed by atoms with Crippen LogP contribution in [0.4, 0.5) is 17.6 Å². The van der Waals surface area contributed by atoms with Crippen LogP contribution >= 0.6 is 11.3 Å². The first-order valence-corrected chi connectivity index (χ1v) is 5.12. The van der Waals surface area contributed by atoms with Crippen molar-refractivity contribution in [2.24, 2.45) is 0 Å². The highest BCUT2D eigenvalue weighted by Crippen LogP contribution is 2.33. The van der Waals surface area contributed by atoms with Gasteiger partial charge < -0.3 is 0 Å². The quantitative estimate of drug-likeness (QED) is 0.397. The Bertz CT molecular complexity index is 485. The molecule has 0 saturated carbocycles. The number of rotatable bonds is 1. The molecule has 0 aliphatic heterocycles. The molecule has 0 aliphatic rings. The molecule has 0 atom stereocenters. The summed E-state index contributed by atoms with van der Waals surface area (Å²) in [6.45, 7) is 1.80. The molecule has 15 heavy (non-hydrogen) atoms. The molecule has 0 N–H and O–H groups in total. The van der Waals surface area contributed by atoms with Gasteiger partial charge in [-0.3, -0.25) is 0 Å². The van der Waals surface area contributed by atoms with Gasteiger partial charge in [0.05, 0.1) is 4.70 Å². The zero-order valence-electron chi connectivity index (χ0n) is 7.70. The standard InChI is InChI=1S/C10H6F4S/c1-2-4-3-5-6(11)7(12)8(13)9(14)10(5)15-4/h3H,2H2,1H3. The molecule has 1 aromatic carbocycles. The molecule has 1 aromatic heterocycles. The van der Waals surface area contributed by atoms with Gasteiger partial charge in [0.1, 0.15) is 0 Å². The van der Waals surface area contributed by atoms with Crippen molar-refractivity contribution in [3.05, 3.63) is 34.2 Å². The third-order valence-corrected chi connectivity index (χ3v) is 3.42. The number of fused-ring (bicyclic) bond motifs is 1. The molecular weight excluding hydrogens is 228 g/mol. The van der Waals surface area contributed by atoms with Crippen LogP contribution in [0, 0.1) is 23.3 Å². The second-order valence-corrected chi connectivity index (χ2v) is 4.20. The van der Waals surface area contributed by atoms with Crippen LogP contribution in [0.25, 0.3) is 10.1 Å². The van der Waals surface area contributed by atoms with Crippen molar-refractivity contribution in [1.82, 2.24) is 0 Å². The Morgan fingerprint density at radius 2 is 1.60 bits per heavy atom. The Kier molecular flexibility index (Phi) is 2.42. The van der Waals surface area contributed by atoms with Gasteiger partial charge in [-0.1, -0.05) is 6.92 Å². The lowest BCUT2D eigenvalue weighted by molar-refractivity contribution is 0.419. The van der Waals surface area contributed by atoms with Gasteiger partial charge in [-0.15, -0.1) is 11.3 Å². The first-order valence-electron chi connectivity index (χ1n) is 4.30. The van der Waals surface area contributed by atoms with E-state index in [2.05, 4.69) is 0 Å². The lowest BCUT2D eigenvalue weighted by Crippen LogP contribution is -1.95. The van der Waals surface area contributed by atoms with Crippen molar-refractivity contribution in [1.29, 1.82) is 0 Å². The molecular formula is C10H6F4S. The Hall–Kier alpha value is -1.10. The van der Waals surface area contributed by atoms with Crippen LogP contribution in [0.3, 0.4) is 0 Å². The van der Waals surface area contributed by atoms with Crippen LogP contribution < -0.4 is 0 Å². The predicted octanol–water partition coefficient (Wildman–Crippen LogP) is 4.02. The van der Waals surface area contributed by atoms with Crippen LogP contribution in [-0.2, 0) is 6.42 Å². The van der Waals surface area contributed by atoms with Gasteiger partial charge in [0, 0.05) is 10.3 Å². The number of aryl methyl sites for hydroxylation is 1. The molecule has 0 fully saturated rings. The highest BCUT2D eigenvalue weighted by Gasteiger charge is 2.21. The Morgan fingerprint density at radius 1 is 1.00 bits per heavy atom. The average molecular weight is 234 g/mol. The molecule has 80 valence electrons. The van der Waals surface area contributed by atoms with Crippen molar-refractivity contribution in [2.75, 3.05) is 0 Å². The summed E-state index contributed by atoms with van der Waals surface area (Å²) in [5.74, 6) is -6.13. The maximum absolute atomic E-state index is 13.2. The summed E-state index contributed by atoms with van der Waals surface area (Å²) < 4.78 is 52.0. The highest BCUT2D eigenvalue weighted by atomic mass is 32.1. The SMILES string of the molecule is CCc1cc2c(F)c(F)c(F)c(F)c2s1. The number of benzene rings is 1. The molecule has 5 heteroatoms. The van der Waals surface area contributed by atoms with Gasteiger partial charge in [0.25, 0.3) is 0 Å². The van der Waals surface area contributed by atoms with Crippen molar-refractivity contribution in [3.8, 4) is 0 Å². The van der Waals surface area contributed by atoms with Gasteiger partial charge in [0.2, 0.25) is 0 Å². The molecule has 0 radical (unpaired) electrons. The van der Waals surface area contributed by atoms with E-state index in [9.17, 15) is 17.6 Å². The molecule has 2 rings (SSSR count). The third-order valence-electron chi connectivity index (χ3n) is 2.15. The summed E-state index contributed by atoms with van der Waals surface area (Å²) in [5, 5.41) is -0.187. The van der Waals surface area contributed by atoms with Gasteiger partial charge in [-0.05, 0) is 12.5 Å².